The normalized spacial score (nSPS) is 10.4. The fourth-order valence-electron chi connectivity index (χ4n) is 2.77. The van der Waals surface area contributed by atoms with Gasteiger partial charge in [-0.2, -0.15) is 0 Å². The van der Waals surface area contributed by atoms with Crippen LogP contribution in [0.3, 0.4) is 0 Å². The fourth-order valence-corrected chi connectivity index (χ4v) is 2.77. The number of carbonyl (C=O) groups is 1. The van der Waals surface area contributed by atoms with Gasteiger partial charge in [0.05, 0.1) is 23.1 Å². The fraction of sp³-hybridized carbons (Fsp3) is 0.143. The molecule has 2 aromatic carbocycles. The highest BCUT2D eigenvalue weighted by atomic mass is 19.1. The average molecular weight is 349 g/mol. The molecule has 0 saturated heterocycles. The quantitative estimate of drug-likeness (QED) is 0.710. The summed E-state index contributed by atoms with van der Waals surface area (Å²) < 4.78 is 13.7. The molecule has 1 heterocycles. The van der Waals surface area contributed by atoms with Crippen molar-refractivity contribution in [3.63, 3.8) is 0 Å². The predicted octanol–water partition coefficient (Wildman–Crippen LogP) is 4.94. The first kappa shape index (κ1) is 17.6. The minimum absolute atomic E-state index is 0.147. The Morgan fingerprint density at radius 2 is 1.88 bits per heavy atom. The van der Waals surface area contributed by atoms with Gasteiger partial charge >= 0.3 is 0 Å². The highest BCUT2D eigenvalue weighted by Crippen LogP contribution is 2.26. The summed E-state index contributed by atoms with van der Waals surface area (Å²) in [6.07, 6.45) is 3.19. The number of hydrogen-bond donors (Lipinski definition) is 1. The van der Waals surface area contributed by atoms with Crippen molar-refractivity contribution in [1.82, 2.24) is 4.98 Å². The van der Waals surface area contributed by atoms with E-state index in [2.05, 4.69) is 21.3 Å². The highest BCUT2D eigenvalue weighted by molar-refractivity contribution is 6.04. The number of hydrogen-bond acceptors (Lipinski definition) is 3. The van der Waals surface area contributed by atoms with Gasteiger partial charge in [0.1, 0.15) is 5.82 Å². The van der Waals surface area contributed by atoms with Crippen LogP contribution in [0.2, 0.25) is 0 Å². The molecule has 0 bridgehead atoms. The predicted molar refractivity (Wildman–Crippen MR) is 102 cm³/mol. The maximum absolute atomic E-state index is 13.7. The van der Waals surface area contributed by atoms with Gasteiger partial charge < -0.3 is 10.2 Å². The van der Waals surface area contributed by atoms with Crippen LogP contribution in [0.5, 0.6) is 0 Å². The lowest BCUT2D eigenvalue weighted by Gasteiger charge is -2.23. The largest absolute Gasteiger partial charge is 0.340 e. The zero-order chi connectivity index (χ0) is 18.5. The lowest BCUT2D eigenvalue weighted by molar-refractivity contribution is 0.102. The molecule has 0 unspecified atom stereocenters. The van der Waals surface area contributed by atoms with E-state index in [0.717, 1.165) is 23.5 Å². The molecule has 132 valence electrons. The van der Waals surface area contributed by atoms with Crippen molar-refractivity contribution in [3.8, 4) is 0 Å². The standard InChI is InChI=1S/C21H20FN3O/c1-3-25(17-8-6-7-15(2)11-17)18-12-16(13-23-14-18)21(26)24-20-10-5-4-9-19(20)22/h4-14H,3H2,1-2H3,(H,24,26). The van der Waals surface area contributed by atoms with Crippen molar-refractivity contribution in [1.29, 1.82) is 0 Å². The first-order valence-corrected chi connectivity index (χ1v) is 8.43. The maximum atomic E-state index is 13.7. The molecule has 0 spiro atoms. The number of pyridine rings is 1. The van der Waals surface area contributed by atoms with E-state index >= 15 is 0 Å². The van der Waals surface area contributed by atoms with Crippen molar-refractivity contribution >= 4 is 23.0 Å². The van der Waals surface area contributed by atoms with Crippen LogP contribution in [0, 0.1) is 12.7 Å². The molecule has 0 aliphatic heterocycles. The number of rotatable bonds is 5. The molecule has 3 aromatic rings. The van der Waals surface area contributed by atoms with Gasteiger partial charge in [0.2, 0.25) is 0 Å². The lowest BCUT2D eigenvalue weighted by Crippen LogP contribution is -2.18. The molecule has 26 heavy (non-hydrogen) atoms. The molecular weight excluding hydrogens is 329 g/mol. The molecule has 0 radical (unpaired) electrons. The summed E-state index contributed by atoms with van der Waals surface area (Å²) in [5, 5.41) is 2.59. The molecule has 0 saturated carbocycles. The van der Waals surface area contributed by atoms with Gasteiger partial charge in [-0.1, -0.05) is 24.3 Å². The number of nitrogens with zero attached hydrogens (tertiary/aromatic N) is 2. The third-order valence-electron chi connectivity index (χ3n) is 4.05. The summed E-state index contributed by atoms with van der Waals surface area (Å²) in [4.78, 5) is 18.7. The SMILES string of the molecule is CCN(c1cccc(C)c1)c1cncc(C(=O)Nc2ccccc2F)c1. The van der Waals surface area contributed by atoms with E-state index in [-0.39, 0.29) is 5.69 Å². The Morgan fingerprint density at radius 1 is 1.08 bits per heavy atom. The summed E-state index contributed by atoms with van der Waals surface area (Å²) in [6.45, 7) is 4.80. The summed E-state index contributed by atoms with van der Waals surface area (Å²) in [5.41, 5.74) is 3.51. The van der Waals surface area contributed by atoms with Crippen LogP contribution in [0.15, 0.2) is 67.0 Å². The molecule has 5 heteroatoms. The topological polar surface area (TPSA) is 45.2 Å². The second-order valence-electron chi connectivity index (χ2n) is 5.95. The zero-order valence-corrected chi connectivity index (χ0v) is 14.7. The number of anilines is 3. The van der Waals surface area contributed by atoms with Crippen LogP contribution in [0.1, 0.15) is 22.8 Å². The van der Waals surface area contributed by atoms with E-state index < -0.39 is 11.7 Å². The van der Waals surface area contributed by atoms with E-state index in [0.29, 0.717) is 5.56 Å². The van der Waals surface area contributed by atoms with Crippen LogP contribution in [0.25, 0.3) is 0 Å². The Balaban J connectivity index is 1.87. The van der Waals surface area contributed by atoms with Crippen LogP contribution >= 0.6 is 0 Å². The minimum atomic E-state index is -0.472. The number of nitrogens with one attached hydrogen (secondary N) is 1. The second-order valence-corrected chi connectivity index (χ2v) is 5.95. The smallest absolute Gasteiger partial charge is 0.257 e. The van der Waals surface area contributed by atoms with E-state index in [1.54, 1.807) is 24.4 Å². The first-order chi connectivity index (χ1) is 12.6. The maximum Gasteiger partial charge on any atom is 0.257 e. The Hall–Kier alpha value is -3.21. The number of amides is 1. The highest BCUT2D eigenvalue weighted by Gasteiger charge is 2.13. The van der Waals surface area contributed by atoms with Crippen LogP contribution in [-0.2, 0) is 0 Å². The van der Waals surface area contributed by atoms with Crippen molar-refractivity contribution in [2.75, 3.05) is 16.8 Å². The average Bonchev–Trinajstić information content (AvgIpc) is 2.64. The number of halogens is 1. The molecule has 0 aliphatic carbocycles. The monoisotopic (exact) mass is 349 g/mol. The van der Waals surface area contributed by atoms with Crippen molar-refractivity contribution in [2.45, 2.75) is 13.8 Å². The van der Waals surface area contributed by atoms with Crippen LogP contribution in [-0.4, -0.2) is 17.4 Å². The molecule has 1 amide bonds. The molecular formula is C21H20FN3O. The van der Waals surface area contributed by atoms with Gasteiger partial charge in [0.25, 0.3) is 5.91 Å². The molecule has 0 fully saturated rings. The zero-order valence-electron chi connectivity index (χ0n) is 14.7. The van der Waals surface area contributed by atoms with Gasteiger partial charge in [-0.25, -0.2) is 4.39 Å². The molecule has 3 rings (SSSR count). The third kappa shape index (κ3) is 3.88. The molecule has 1 N–H and O–H groups in total. The third-order valence-corrected chi connectivity index (χ3v) is 4.05. The van der Waals surface area contributed by atoms with Gasteiger partial charge in [-0.15, -0.1) is 0 Å². The molecule has 0 aliphatic rings. The number of aromatic nitrogens is 1. The Labute approximate surface area is 152 Å². The summed E-state index contributed by atoms with van der Waals surface area (Å²) in [7, 11) is 0. The summed E-state index contributed by atoms with van der Waals surface area (Å²) >= 11 is 0. The number of aryl methyl sites for hydroxylation is 1. The number of carbonyl (C=O) groups excluding carboxylic acids is 1. The van der Waals surface area contributed by atoms with Gasteiger partial charge in [-0.05, 0) is 49.7 Å². The summed E-state index contributed by atoms with van der Waals surface area (Å²) in [5.74, 6) is -0.871. The number of benzene rings is 2. The van der Waals surface area contributed by atoms with Crippen LogP contribution < -0.4 is 10.2 Å². The van der Waals surface area contributed by atoms with E-state index in [1.807, 2.05) is 32.0 Å². The summed E-state index contributed by atoms with van der Waals surface area (Å²) in [6, 6.07) is 16.0. The van der Waals surface area contributed by atoms with E-state index in [4.69, 9.17) is 0 Å². The van der Waals surface area contributed by atoms with Crippen LogP contribution in [0.4, 0.5) is 21.5 Å². The van der Waals surface area contributed by atoms with Gasteiger partial charge in [0.15, 0.2) is 0 Å². The minimum Gasteiger partial charge on any atom is -0.340 e. The van der Waals surface area contributed by atoms with Gasteiger partial charge in [0, 0.05) is 18.4 Å². The molecule has 0 atom stereocenters. The van der Waals surface area contributed by atoms with E-state index in [9.17, 15) is 9.18 Å². The lowest BCUT2D eigenvalue weighted by atomic mass is 10.1. The van der Waals surface area contributed by atoms with Gasteiger partial charge in [-0.3, -0.25) is 9.78 Å². The Morgan fingerprint density at radius 3 is 2.62 bits per heavy atom. The second kappa shape index (κ2) is 7.78. The molecule has 1 aromatic heterocycles. The Kier molecular flexibility index (Phi) is 5.27. The van der Waals surface area contributed by atoms with Crippen molar-refractivity contribution in [2.24, 2.45) is 0 Å². The van der Waals surface area contributed by atoms with E-state index in [1.165, 1.54) is 18.3 Å². The first-order valence-electron chi connectivity index (χ1n) is 8.43. The van der Waals surface area contributed by atoms with Crippen molar-refractivity contribution in [3.05, 3.63) is 83.9 Å². The number of para-hydroxylation sites is 1. The van der Waals surface area contributed by atoms with Crippen molar-refractivity contribution < 1.29 is 9.18 Å². The Bertz CT molecular complexity index is 926. The molecule has 4 nitrogen and oxygen atoms in total.